The molecular weight excluding hydrogens is 288 g/mol. The van der Waals surface area contributed by atoms with Gasteiger partial charge in [-0.2, -0.15) is 0 Å². The van der Waals surface area contributed by atoms with Gasteiger partial charge in [0.1, 0.15) is 5.75 Å². The van der Waals surface area contributed by atoms with Crippen LogP contribution in [0.2, 0.25) is 0 Å². The zero-order valence-corrected chi connectivity index (χ0v) is 12.6. The highest BCUT2D eigenvalue weighted by atomic mass is 32.2. The number of hydrogen-bond acceptors (Lipinski definition) is 5. The van der Waals surface area contributed by atoms with Crippen LogP contribution in [0.4, 0.5) is 5.69 Å². The molecule has 2 aromatic carbocycles. The second kappa shape index (κ2) is 5.73. The van der Waals surface area contributed by atoms with Crippen molar-refractivity contribution < 1.29 is 4.74 Å². The molecule has 2 N–H and O–H groups in total. The topological polar surface area (TPSA) is 48.1 Å². The van der Waals surface area contributed by atoms with Gasteiger partial charge < -0.3 is 10.5 Å². The maximum absolute atomic E-state index is 6.14. The number of benzene rings is 2. The third-order valence-corrected chi connectivity index (χ3v) is 4.97. The normalized spacial score (nSPS) is 10.8. The summed E-state index contributed by atoms with van der Waals surface area (Å²) < 4.78 is 7.70. The lowest BCUT2D eigenvalue weighted by Crippen LogP contribution is -1.97. The van der Waals surface area contributed by atoms with Gasteiger partial charge in [0, 0.05) is 4.90 Å². The van der Waals surface area contributed by atoms with Crippen molar-refractivity contribution in [2.24, 2.45) is 0 Å². The van der Waals surface area contributed by atoms with E-state index in [1.54, 1.807) is 23.1 Å². The first-order valence-electron chi connectivity index (χ1n) is 6.32. The predicted molar refractivity (Wildman–Crippen MR) is 85.8 cm³/mol. The fourth-order valence-corrected chi connectivity index (χ4v) is 3.97. The smallest absolute Gasteiger partial charge is 0.155 e. The molecule has 1 heterocycles. The Morgan fingerprint density at radius 2 is 2.05 bits per heavy atom. The summed E-state index contributed by atoms with van der Waals surface area (Å²) in [6, 6.07) is 14.0. The molecule has 3 aromatic rings. The fraction of sp³-hybridized carbons (Fsp3) is 0.133. The summed E-state index contributed by atoms with van der Waals surface area (Å²) in [7, 11) is 0. The molecule has 102 valence electrons. The standard InChI is InChI=1S/C15H14N2OS2/c1-2-18-11-7-5-9-13(14(11)16)20-15-17-10-6-3-4-8-12(10)19-15/h3-9H,2,16H2,1H3. The SMILES string of the molecule is CCOc1cccc(Sc2nc3ccccc3s2)c1N. The van der Waals surface area contributed by atoms with Crippen LogP contribution in [0.5, 0.6) is 5.75 Å². The molecule has 0 saturated heterocycles. The number of hydrogen-bond donors (Lipinski definition) is 1. The van der Waals surface area contributed by atoms with Crippen LogP contribution in [0.3, 0.4) is 0 Å². The zero-order valence-electron chi connectivity index (χ0n) is 11.0. The van der Waals surface area contributed by atoms with Gasteiger partial charge in [0.2, 0.25) is 0 Å². The molecule has 0 spiro atoms. The molecule has 3 rings (SSSR count). The van der Waals surface area contributed by atoms with Gasteiger partial charge in [0.25, 0.3) is 0 Å². The minimum Gasteiger partial charge on any atom is -0.492 e. The fourth-order valence-electron chi connectivity index (χ4n) is 1.88. The van der Waals surface area contributed by atoms with Crippen LogP contribution in [0.25, 0.3) is 10.2 Å². The molecule has 5 heteroatoms. The summed E-state index contributed by atoms with van der Waals surface area (Å²) >= 11 is 3.26. The van der Waals surface area contributed by atoms with Crippen LogP contribution in [0.1, 0.15) is 6.92 Å². The van der Waals surface area contributed by atoms with Crippen LogP contribution < -0.4 is 10.5 Å². The monoisotopic (exact) mass is 302 g/mol. The molecule has 20 heavy (non-hydrogen) atoms. The van der Waals surface area contributed by atoms with Gasteiger partial charge in [-0.3, -0.25) is 0 Å². The van der Waals surface area contributed by atoms with Crippen molar-refractivity contribution in [1.29, 1.82) is 0 Å². The van der Waals surface area contributed by atoms with Gasteiger partial charge in [0.05, 0.1) is 22.5 Å². The zero-order chi connectivity index (χ0) is 13.9. The lowest BCUT2D eigenvalue weighted by atomic mass is 10.3. The molecule has 1 aromatic heterocycles. The maximum Gasteiger partial charge on any atom is 0.155 e. The third kappa shape index (κ3) is 2.59. The summed E-state index contributed by atoms with van der Waals surface area (Å²) in [5.41, 5.74) is 7.85. The molecule has 0 aliphatic heterocycles. The highest BCUT2D eigenvalue weighted by molar-refractivity contribution is 8.01. The summed E-state index contributed by atoms with van der Waals surface area (Å²) in [5, 5.41) is 0. The van der Waals surface area contributed by atoms with Gasteiger partial charge >= 0.3 is 0 Å². The number of rotatable bonds is 4. The number of para-hydroxylation sites is 2. The maximum atomic E-state index is 6.14. The van der Waals surface area contributed by atoms with Crippen LogP contribution in [-0.2, 0) is 0 Å². The number of ether oxygens (including phenoxy) is 1. The number of nitrogens with two attached hydrogens (primary N) is 1. The van der Waals surface area contributed by atoms with E-state index < -0.39 is 0 Å². The Morgan fingerprint density at radius 1 is 1.20 bits per heavy atom. The molecule has 0 radical (unpaired) electrons. The number of nitrogens with zero attached hydrogens (tertiary/aromatic N) is 1. The minimum atomic E-state index is 0.611. The van der Waals surface area contributed by atoms with E-state index in [1.807, 2.05) is 43.3 Å². The number of nitrogen functional groups attached to an aromatic ring is 1. The van der Waals surface area contributed by atoms with Crippen LogP contribution >= 0.6 is 23.1 Å². The van der Waals surface area contributed by atoms with E-state index in [1.165, 1.54) is 4.70 Å². The van der Waals surface area contributed by atoms with Crippen LogP contribution in [0, 0.1) is 0 Å². The molecule has 0 unspecified atom stereocenters. The largest absolute Gasteiger partial charge is 0.492 e. The Hall–Kier alpha value is -1.72. The van der Waals surface area contributed by atoms with E-state index in [-0.39, 0.29) is 0 Å². The van der Waals surface area contributed by atoms with Crippen molar-refractivity contribution >= 4 is 39.0 Å². The minimum absolute atomic E-state index is 0.611. The van der Waals surface area contributed by atoms with Gasteiger partial charge in [0.15, 0.2) is 4.34 Å². The van der Waals surface area contributed by atoms with Crippen molar-refractivity contribution in [2.75, 3.05) is 12.3 Å². The Kier molecular flexibility index (Phi) is 3.80. The quantitative estimate of drug-likeness (QED) is 0.724. The Bertz CT molecular complexity index is 707. The summed E-state index contributed by atoms with van der Waals surface area (Å²) in [6.45, 7) is 2.56. The van der Waals surface area contributed by atoms with E-state index in [4.69, 9.17) is 10.5 Å². The first-order chi connectivity index (χ1) is 9.78. The van der Waals surface area contributed by atoms with Crippen LogP contribution in [0.15, 0.2) is 51.7 Å². The first-order valence-corrected chi connectivity index (χ1v) is 7.96. The number of thiazole rings is 1. The van der Waals surface area contributed by atoms with Crippen molar-refractivity contribution in [3.8, 4) is 5.75 Å². The van der Waals surface area contributed by atoms with Gasteiger partial charge in [-0.25, -0.2) is 4.98 Å². The van der Waals surface area contributed by atoms with E-state index in [2.05, 4.69) is 11.1 Å². The molecule has 0 fully saturated rings. The Balaban J connectivity index is 1.92. The summed E-state index contributed by atoms with van der Waals surface area (Å²) in [4.78, 5) is 5.59. The lowest BCUT2D eigenvalue weighted by molar-refractivity contribution is 0.341. The first kappa shape index (κ1) is 13.3. The number of aromatic nitrogens is 1. The van der Waals surface area contributed by atoms with Crippen molar-refractivity contribution in [2.45, 2.75) is 16.2 Å². The van der Waals surface area contributed by atoms with E-state index in [9.17, 15) is 0 Å². The molecule has 0 bridgehead atoms. The van der Waals surface area contributed by atoms with Crippen molar-refractivity contribution in [3.05, 3.63) is 42.5 Å². The number of fused-ring (bicyclic) bond motifs is 1. The van der Waals surface area contributed by atoms with Gasteiger partial charge in [-0.15, -0.1) is 11.3 Å². The highest BCUT2D eigenvalue weighted by Crippen LogP contribution is 2.39. The Labute approximate surface area is 125 Å². The molecular formula is C15H14N2OS2. The van der Waals surface area contributed by atoms with E-state index in [0.29, 0.717) is 12.3 Å². The van der Waals surface area contributed by atoms with Gasteiger partial charge in [-0.1, -0.05) is 30.0 Å². The number of anilines is 1. The van der Waals surface area contributed by atoms with E-state index in [0.717, 1.165) is 20.5 Å². The van der Waals surface area contributed by atoms with Crippen molar-refractivity contribution in [1.82, 2.24) is 4.98 Å². The van der Waals surface area contributed by atoms with Gasteiger partial charge in [-0.05, 0) is 31.2 Å². The Morgan fingerprint density at radius 3 is 2.85 bits per heavy atom. The van der Waals surface area contributed by atoms with Crippen LogP contribution in [-0.4, -0.2) is 11.6 Å². The van der Waals surface area contributed by atoms with E-state index >= 15 is 0 Å². The molecule has 0 amide bonds. The molecule has 0 atom stereocenters. The summed E-state index contributed by atoms with van der Waals surface area (Å²) in [6.07, 6.45) is 0. The second-order valence-corrected chi connectivity index (χ2v) is 6.47. The molecule has 0 aliphatic rings. The average Bonchev–Trinajstić information content (AvgIpc) is 2.86. The summed E-state index contributed by atoms with van der Waals surface area (Å²) in [5.74, 6) is 0.735. The van der Waals surface area contributed by atoms with Crippen molar-refractivity contribution in [3.63, 3.8) is 0 Å². The molecule has 3 nitrogen and oxygen atoms in total. The second-order valence-electron chi connectivity index (χ2n) is 4.15. The highest BCUT2D eigenvalue weighted by Gasteiger charge is 2.10. The lowest BCUT2D eigenvalue weighted by Gasteiger charge is -2.09. The third-order valence-electron chi connectivity index (χ3n) is 2.80. The average molecular weight is 302 g/mol. The molecule has 0 saturated carbocycles. The molecule has 0 aliphatic carbocycles. The predicted octanol–water partition coefficient (Wildman–Crippen LogP) is 4.43.